The maximum absolute atomic E-state index is 13.3. The van der Waals surface area contributed by atoms with Crippen LogP contribution < -0.4 is 15.4 Å². The van der Waals surface area contributed by atoms with Crippen LogP contribution in [0.15, 0.2) is 52.7 Å². The first-order valence-corrected chi connectivity index (χ1v) is 14.8. The standard InChI is InChI=1S/C26H30F2N4O4S2/c27-26(28)14-24(15-26)12-25(13-24,17-33)16-31-38(35,36)19-5-6-20-18(11-19)4-7-22(32-20)29-8-2-9-30-23(34)21-3-1-10-37-21/h1,3-7,10-11,31,33H,2,8-9,12-17H2,(H,29,32)(H,30,34). The van der Waals surface area contributed by atoms with E-state index in [9.17, 15) is 27.1 Å². The maximum atomic E-state index is 13.3. The normalized spacial score (nSPS) is 19.0. The summed E-state index contributed by atoms with van der Waals surface area (Å²) < 4.78 is 55.1. The Hall–Kier alpha value is -2.67. The van der Waals surface area contributed by atoms with Gasteiger partial charge in [0.1, 0.15) is 5.82 Å². The van der Waals surface area contributed by atoms with Crippen LogP contribution in [0.5, 0.6) is 0 Å². The van der Waals surface area contributed by atoms with Gasteiger partial charge in [0.25, 0.3) is 5.91 Å². The second-order valence-electron chi connectivity index (χ2n) is 10.6. The van der Waals surface area contributed by atoms with Crippen molar-refractivity contribution in [1.82, 2.24) is 15.0 Å². The van der Waals surface area contributed by atoms with Crippen molar-refractivity contribution in [1.29, 1.82) is 0 Å². The van der Waals surface area contributed by atoms with Crippen LogP contribution in [-0.4, -0.2) is 56.6 Å². The van der Waals surface area contributed by atoms with Gasteiger partial charge in [-0.3, -0.25) is 4.79 Å². The molecule has 38 heavy (non-hydrogen) atoms. The monoisotopic (exact) mass is 564 g/mol. The van der Waals surface area contributed by atoms with E-state index in [2.05, 4.69) is 20.3 Å². The number of hydrogen-bond acceptors (Lipinski definition) is 7. The largest absolute Gasteiger partial charge is 0.396 e. The van der Waals surface area contributed by atoms with Crippen LogP contribution in [0.2, 0.25) is 0 Å². The lowest BCUT2D eigenvalue weighted by Crippen LogP contribution is -2.62. The average molecular weight is 565 g/mol. The van der Waals surface area contributed by atoms with Crippen molar-refractivity contribution < 1.29 is 27.1 Å². The summed E-state index contributed by atoms with van der Waals surface area (Å²) in [5, 5.41) is 18.4. The molecule has 2 heterocycles. The zero-order valence-electron chi connectivity index (χ0n) is 20.7. The van der Waals surface area contributed by atoms with Crippen LogP contribution in [0.1, 0.15) is 41.8 Å². The van der Waals surface area contributed by atoms with Gasteiger partial charge in [0.2, 0.25) is 15.9 Å². The molecule has 2 aliphatic carbocycles. The first kappa shape index (κ1) is 26.9. The van der Waals surface area contributed by atoms with Gasteiger partial charge in [-0.1, -0.05) is 6.07 Å². The Morgan fingerprint density at radius 3 is 2.55 bits per heavy atom. The number of sulfonamides is 1. The van der Waals surface area contributed by atoms with Gasteiger partial charge in [0.05, 0.1) is 15.3 Å². The number of aliphatic hydroxyl groups excluding tert-OH is 1. The van der Waals surface area contributed by atoms with Crippen molar-refractivity contribution in [2.75, 3.05) is 31.6 Å². The Bertz CT molecular complexity index is 1410. The van der Waals surface area contributed by atoms with Gasteiger partial charge in [-0.05, 0) is 66.5 Å². The number of carbonyl (C=O) groups excluding carboxylic acids is 1. The van der Waals surface area contributed by atoms with Crippen LogP contribution in [0.4, 0.5) is 14.6 Å². The van der Waals surface area contributed by atoms with Gasteiger partial charge in [-0.2, -0.15) is 0 Å². The van der Waals surface area contributed by atoms with Crippen LogP contribution in [-0.2, 0) is 10.0 Å². The molecule has 4 N–H and O–H groups in total. The average Bonchev–Trinajstić information content (AvgIpc) is 3.39. The first-order valence-electron chi connectivity index (χ1n) is 12.5. The highest BCUT2D eigenvalue weighted by atomic mass is 32.2. The molecule has 1 amide bonds. The molecule has 2 aromatic heterocycles. The molecule has 2 aliphatic rings. The molecule has 2 fully saturated rings. The van der Waals surface area contributed by atoms with Gasteiger partial charge >= 0.3 is 0 Å². The Labute approximate surface area is 223 Å². The van der Waals surface area contributed by atoms with E-state index in [0.717, 1.165) is 0 Å². The summed E-state index contributed by atoms with van der Waals surface area (Å²) >= 11 is 1.39. The predicted octanol–water partition coefficient (Wildman–Crippen LogP) is 3.99. The summed E-state index contributed by atoms with van der Waals surface area (Å²) in [5.41, 5.74) is -0.538. The number of rotatable bonds is 11. The second-order valence-corrected chi connectivity index (χ2v) is 13.3. The molecule has 0 bridgehead atoms. The number of carbonyl (C=O) groups is 1. The molecule has 5 rings (SSSR count). The highest BCUT2D eigenvalue weighted by Gasteiger charge is 2.66. The molecular weight excluding hydrogens is 534 g/mol. The summed E-state index contributed by atoms with van der Waals surface area (Å²) in [4.78, 5) is 17.2. The molecule has 3 aromatic rings. The van der Waals surface area contributed by atoms with Gasteiger partial charge in [-0.15, -0.1) is 11.3 Å². The zero-order chi connectivity index (χ0) is 27.0. The maximum Gasteiger partial charge on any atom is 0.261 e. The van der Waals surface area contributed by atoms with E-state index in [4.69, 9.17) is 0 Å². The minimum Gasteiger partial charge on any atom is -0.396 e. The molecule has 1 aromatic carbocycles. The predicted molar refractivity (Wildman–Crippen MR) is 142 cm³/mol. The minimum atomic E-state index is -3.86. The summed E-state index contributed by atoms with van der Waals surface area (Å²) in [5.74, 6) is -2.09. The number of halogens is 2. The van der Waals surface area contributed by atoms with E-state index in [0.29, 0.717) is 53.9 Å². The lowest BCUT2D eigenvalue weighted by molar-refractivity contribution is -0.236. The Balaban J connectivity index is 1.13. The fourth-order valence-corrected chi connectivity index (χ4v) is 7.66. The fraction of sp³-hybridized carbons (Fsp3) is 0.462. The number of nitrogens with zero attached hydrogens (tertiary/aromatic N) is 1. The lowest BCUT2D eigenvalue weighted by atomic mass is 9.44. The van der Waals surface area contributed by atoms with Crippen molar-refractivity contribution in [3.63, 3.8) is 0 Å². The van der Waals surface area contributed by atoms with Gasteiger partial charge < -0.3 is 15.7 Å². The molecule has 1 spiro atoms. The number of anilines is 1. The van der Waals surface area contributed by atoms with Crippen molar-refractivity contribution in [3.8, 4) is 0 Å². The van der Waals surface area contributed by atoms with Gasteiger partial charge in [0, 0.05) is 49.9 Å². The number of pyridine rings is 1. The molecule has 204 valence electrons. The molecule has 0 atom stereocenters. The van der Waals surface area contributed by atoms with Crippen LogP contribution in [0.25, 0.3) is 10.9 Å². The number of nitrogens with one attached hydrogen (secondary N) is 3. The number of alkyl halides is 2. The Kier molecular flexibility index (Phi) is 7.18. The SMILES string of the molecule is O=C(NCCCNc1ccc2cc(S(=O)(=O)NCC3(CO)CC4(CC(F)(F)C4)C3)ccc2n1)c1cccs1. The molecule has 0 aliphatic heterocycles. The summed E-state index contributed by atoms with van der Waals surface area (Å²) in [6.07, 6.45) is 1.13. The number of aliphatic hydroxyl groups is 1. The van der Waals surface area contributed by atoms with Crippen LogP contribution in [0, 0.1) is 10.8 Å². The third-order valence-corrected chi connectivity index (χ3v) is 9.67. The third kappa shape index (κ3) is 5.68. The van der Waals surface area contributed by atoms with Crippen molar-refractivity contribution in [3.05, 3.63) is 52.7 Å². The number of benzene rings is 1. The number of amides is 1. The smallest absolute Gasteiger partial charge is 0.261 e. The third-order valence-electron chi connectivity index (χ3n) is 7.40. The molecular formula is C26H30F2N4O4S2. The topological polar surface area (TPSA) is 120 Å². The molecule has 8 nitrogen and oxygen atoms in total. The van der Waals surface area contributed by atoms with E-state index in [1.165, 1.54) is 23.5 Å². The van der Waals surface area contributed by atoms with E-state index >= 15 is 0 Å². The molecule has 12 heteroatoms. The van der Waals surface area contributed by atoms with E-state index in [-0.39, 0.29) is 36.8 Å². The summed E-state index contributed by atoms with van der Waals surface area (Å²) in [7, 11) is -3.86. The number of hydrogen-bond donors (Lipinski definition) is 4. The van der Waals surface area contributed by atoms with E-state index in [1.54, 1.807) is 24.3 Å². The number of thiophene rings is 1. The first-order chi connectivity index (χ1) is 18.0. The van der Waals surface area contributed by atoms with Crippen molar-refractivity contribution in [2.45, 2.75) is 42.9 Å². The lowest BCUT2D eigenvalue weighted by Gasteiger charge is -2.62. The highest BCUT2D eigenvalue weighted by molar-refractivity contribution is 7.89. The number of aromatic nitrogens is 1. The second kappa shape index (κ2) is 10.1. The van der Waals surface area contributed by atoms with Crippen molar-refractivity contribution in [2.24, 2.45) is 10.8 Å². The molecule has 2 saturated carbocycles. The minimum absolute atomic E-state index is 0.00603. The van der Waals surface area contributed by atoms with Gasteiger partial charge in [-0.25, -0.2) is 26.9 Å². The van der Waals surface area contributed by atoms with Crippen molar-refractivity contribution >= 4 is 44.0 Å². The zero-order valence-corrected chi connectivity index (χ0v) is 22.3. The van der Waals surface area contributed by atoms with E-state index < -0.39 is 26.8 Å². The summed E-state index contributed by atoms with van der Waals surface area (Å²) in [6, 6.07) is 11.8. The molecule has 0 saturated heterocycles. The Morgan fingerprint density at radius 1 is 1.08 bits per heavy atom. The molecule has 0 radical (unpaired) electrons. The van der Waals surface area contributed by atoms with Gasteiger partial charge in [0.15, 0.2) is 0 Å². The fourth-order valence-electron chi connectivity index (χ4n) is 5.83. The molecule has 0 unspecified atom stereocenters. The van der Waals surface area contributed by atoms with Crippen LogP contribution >= 0.6 is 11.3 Å². The Morgan fingerprint density at radius 2 is 1.87 bits per heavy atom. The van der Waals surface area contributed by atoms with E-state index in [1.807, 2.05) is 11.4 Å². The quantitative estimate of drug-likeness (QED) is 0.262. The summed E-state index contributed by atoms with van der Waals surface area (Å²) in [6.45, 7) is 0.884. The van der Waals surface area contributed by atoms with Crippen LogP contribution in [0.3, 0.4) is 0 Å². The highest BCUT2D eigenvalue weighted by Crippen LogP contribution is 2.68. The number of fused-ring (bicyclic) bond motifs is 1.